The molecule has 7 heteroatoms. The zero-order valence-corrected chi connectivity index (χ0v) is 14.7. The summed E-state index contributed by atoms with van der Waals surface area (Å²) >= 11 is 0. The van der Waals surface area contributed by atoms with Gasteiger partial charge in [0.15, 0.2) is 5.78 Å². The molecule has 1 aliphatic heterocycles. The Morgan fingerprint density at radius 1 is 0.963 bits per heavy atom. The van der Waals surface area contributed by atoms with Gasteiger partial charge in [-0.05, 0) is 25.0 Å². The first-order valence-corrected chi connectivity index (χ1v) is 8.92. The van der Waals surface area contributed by atoms with Crippen molar-refractivity contribution in [3.8, 4) is 5.82 Å². The Balaban J connectivity index is 1.46. The monoisotopic (exact) mass is 361 g/mol. The Hall–Kier alpha value is -3.35. The minimum absolute atomic E-state index is 0.0941. The second-order valence-electron chi connectivity index (χ2n) is 6.59. The lowest BCUT2D eigenvalue weighted by atomic mass is 9.90. The number of ketones is 1. The van der Waals surface area contributed by atoms with Gasteiger partial charge in [-0.25, -0.2) is 4.98 Å². The third kappa shape index (κ3) is 3.62. The highest BCUT2D eigenvalue weighted by atomic mass is 16.2. The molecule has 1 aromatic carbocycles. The Morgan fingerprint density at radius 2 is 1.74 bits per heavy atom. The lowest BCUT2D eigenvalue weighted by molar-refractivity contribution is 0.0636. The number of amides is 1. The number of hydrogen-bond acceptors (Lipinski definition) is 5. The van der Waals surface area contributed by atoms with E-state index >= 15 is 0 Å². The van der Waals surface area contributed by atoms with E-state index in [1.54, 1.807) is 40.5 Å². The van der Waals surface area contributed by atoms with Gasteiger partial charge in [0, 0.05) is 30.8 Å². The maximum absolute atomic E-state index is 12.8. The first-order valence-electron chi connectivity index (χ1n) is 8.92. The first kappa shape index (κ1) is 17.1. The van der Waals surface area contributed by atoms with Crippen molar-refractivity contribution in [2.24, 2.45) is 5.92 Å². The molecule has 1 amide bonds. The SMILES string of the molecule is O=C(c1ccccc1)[C@@H]1CCCN(C(=O)c2ccc(-n3cnnc3)nc2)C1. The number of nitrogens with zero attached hydrogens (tertiary/aromatic N) is 5. The number of likely N-dealkylation sites (tertiary alicyclic amines) is 1. The highest BCUT2D eigenvalue weighted by Gasteiger charge is 2.29. The molecule has 0 bridgehead atoms. The molecule has 0 unspecified atom stereocenters. The van der Waals surface area contributed by atoms with Crippen LogP contribution in [0.1, 0.15) is 33.6 Å². The summed E-state index contributed by atoms with van der Waals surface area (Å²) in [6, 6.07) is 12.8. The summed E-state index contributed by atoms with van der Waals surface area (Å²) in [5, 5.41) is 7.49. The standard InChI is InChI=1S/C20H19N5O2/c26-19(15-5-2-1-3-6-15)17-7-4-10-24(12-17)20(27)16-8-9-18(21-11-16)25-13-22-23-14-25/h1-3,5-6,8-9,11,13-14,17H,4,7,10,12H2/t17-/m1/s1. The molecule has 0 saturated carbocycles. The van der Waals surface area contributed by atoms with Gasteiger partial charge in [0.1, 0.15) is 18.5 Å². The van der Waals surface area contributed by atoms with Crippen molar-refractivity contribution in [3.05, 3.63) is 72.4 Å². The zero-order chi connectivity index (χ0) is 18.6. The number of Topliss-reactive ketones (excluding diaryl/α,β-unsaturated/α-hetero) is 1. The fourth-order valence-corrected chi connectivity index (χ4v) is 3.38. The zero-order valence-electron chi connectivity index (χ0n) is 14.7. The molecule has 0 radical (unpaired) electrons. The third-order valence-electron chi connectivity index (χ3n) is 4.82. The Bertz CT molecular complexity index is 923. The van der Waals surface area contributed by atoms with Gasteiger partial charge in [-0.3, -0.25) is 14.2 Å². The number of carbonyl (C=O) groups is 2. The van der Waals surface area contributed by atoms with E-state index in [0.717, 1.165) is 12.8 Å². The molecule has 3 heterocycles. The highest BCUT2D eigenvalue weighted by Crippen LogP contribution is 2.22. The van der Waals surface area contributed by atoms with Gasteiger partial charge in [0.2, 0.25) is 0 Å². The minimum atomic E-state index is -0.158. The van der Waals surface area contributed by atoms with Crippen LogP contribution in [0.4, 0.5) is 0 Å². The molecule has 1 atom stereocenters. The molecule has 1 aliphatic rings. The molecule has 1 saturated heterocycles. The summed E-state index contributed by atoms with van der Waals surface area (Å²) in [6.07, 6.45) is 6.28. The summed E-state index contributed by atoms with van der Waals surface area (Å²) < 4.78 is 1.67. The summed E-state index contributed by atoms with van der Waals surface area (Å²) in [6.45, 7) is 1.10. The van der Waals surface area contributed by atoms with Gasteiger partial charge in [0.25, 0.3) is 5.91 Å². The van der Waals surface area contributed by atoms with Crippen LogP contribution >= 0.6 is 0 Å². The molecule has 2 aromatic heterocycles. The van der Waals surface area contributed by atoms with Gasteiger partial charge in [-0.2, -0.15) is 0 Å². The molecular formula is C20H19N5O2. The fraction of sp³-hybridized carbons (Fsp3) is 0.250. The molecule has 1 fully saturated rings. The van der Waals surface area contributed by atoms with Crippen molar-refractivity contribution >= 4 is 11.7 Å². The van der Waals surface area contributed by atoms with Crippen LogP contribution in [0.3, 0.4) is 0 Å². The van der Waals surface area contributed by atoms with Crippen molar-refractivity contribution in [2.45, 2.75) is 12.8 Å². The lowest BCUT2D eigenvalue weighted by Gasteiger charge is -2.32. The topological polar surface area (TPSA) is 81.0 Å². The molecule has 0 spiro atoms. The third-order valence-corrected chi connectivity index (χ3v) is 4.82. The smallest absolute Gasteiger partial charge is 0.255 e. The lowest BCUT2D eigenvalue weighted by Crippen LogP contribution is -2.42. The molecule has 3 aromatic rings. The summed E-state index contributed by atoms with van der Waals surface area (Å²) in [4.78, 5) is 31.6. The van der Waals surface area contributed by atoms with Crippen LogP contribution in [-0.4, -0.2) is 49.4 Å². The fourth-order valence-electron chi connectivity index (χ4n) is 3.38. The molecule has 0 aliphatic carbocycles. The van der Waals surface area contributed by atoms with Crippen LogP contribution in [0, 0.1) is 5.92 Å². The van der Waals surface area contributed by atoms with E-state index in [1.807, 2.05) is 30.3 Å². The van der Waals surface area contributed by atoms with E-state index in [1.165, 1.54) is 0 Å². The van der Waals surface area contributed by atoms with Gasteiger partial charge in [0.05, 0.1) is 5.56 Å². The summed E-state index contributed by atoms with van der Waals surface area (Å²) in [5.41, 5.74) is 1.22. The molecule has 27 heavy (non-hydrogen) atoms. The largest absolute Gasteiger partial charge is 0.338 e. The Kier molecular flexibility index (Phi) is 4.74. The van der Waals surface area contributed by atoms with Crippen molar-refractivity contribution in [1.82, 2.24) is 24.6 Å². The number of pyridine rings is 1. The molecule has 4 rings (SSSR count). The van der Waals surface area contributed by atoms with E-state index in [2.05, 4.69) is 15.2 Å². The average molecular weight is 361 g/mol. The van der Waals surface area contributed by atoms with Crippen molar-refractivity contribution < 1.29 is 9.59 Å². The Morgan fingerprint density at radius 3 is 2.44 bits per heavy atom. The maximum Gasteiger partial charge on any atom is 0.255 e. The van der Waals surface area contributed by atoms with E-state index in [9.17, 15) is 9.59 Å². The number of rotatable bonds is 4. The quantitative estimate of drug-likeness (QED) is 0.667. The number of carbonyl (C=O) groups excluding carboxylic acids is 2. The van der Waals surface area contributed by atoms with Gasteiger partial charge < -0.3 is 4.90 Å². The summed E-state index contributed by atoms with van der Waals surface area (Å²) in [7, 11) is 0. The Labute approximate surface area is 156 Å². The van der Waals surface area contributed by atoms with E-state index in [4.69, 9.17) is 0 Å². The highest BCUT2D eigenvalue weighted by molar-refractivity contribution is 5.99. The van der Waals surface area contributed by atoms with Crippen LogP contribution in [0.25, 0.3) is 5.82 Å². The van der Waals surface area contributed by atoms with Crippen LogP contribution in [-0.2, 0) is 0 Å². The van der Waals surface area contributed by atoms with Gasteiger partial charge in [-0.15, -0.1) is 10.2 Å². The number of aromatic nitrogens is 4. The first-order chi connectivity index (χ1) is 13.2. The number of benzene rings is 1. The van der Waals surface area contributed by atoms with Crippen LogP contribution < -0.4 is 0 Å². The van der Waals surface area contributed by atoms with E-state index in [0.29, 0.717) is 30.0 Å². The molecule has 0 N–H and O–H groups in total. The van der Waals surface area contributed by atoms with Gasteiger partial charge in [-0.1, -0.05) is 30.3 Å². The molecule has 7 nitrogen and oxygen atoms in total. The van der Waals surface area contributed by atoms with Crippen molar-refractivity contribution in [2.75, 3.05) is 13.1 Å². The van der Waals surface area contributed by atoms with E-state index in [-0.39, 0.29) is 17.6 Å². The van der Waals surface area contributed by atoms with Crippen LogP contribution in [0.5, 0.6) is 0 Å². The average Bonchev–Trinajstić information content (AvgIpc) is 3.28. The van der Waals surface area contributed by atoms with Gasteiger partial charge >= 0.3 is 0 Å². The predicted octanol–water partition coefficient (Wildman–Crippen LogP) is 2.40. The second-order valence-corrected chi connectivity index (χ2v) is 6.59. The molecule has 136 valence electrons. The van der Waals surface area contributed by atoms with E-state index < -0.39 is 0 Å². The van der Waals surface area contributed by atoms with Crippen molar-refractivity contribution in [3.63, 3.8) is 0 Å². The number of hydrogen-bond donors (Lipinski definition) is 0. The number of piperidine rings is 1. The van der Waals surface area contributed by atoms with Crippen molar-refractivity contribution in [1.29, 1.82) is 0 Å². The normalized spacial score (nSPS) is 16.9. The second kappa shape index (κ2) is 7.49. The minimum Gasteiger partial charge on any atom is -0.338 e. The maximum atomic E-state index is 12.8. The predicted molar refractivity (Wildman–Crippen MR) is 98.6 cm³/mol. The molecular weight excluding hydrogens is 342 g/mol. The summed E-state index contributed by atoms with van der Waals surface area (Å²) in [5.74, 6) is 0.499. The van der Waals surface area contributed by atoms with Crippen LogP contribution in [0.15, 0.2) is 61.3 Å². The van der Waals surface area contributed by atoms with Crippen LogP contribution in [0.2, 0.25) is 0 Å².